The van der Waals surface area contributed by atoms with Crippen LogP contribution in [0.5, 0.6) is 0 Å². The predicted octanol–water partition coefficient (Wildman–Crippen LogP) is 0.324. The number of rotatable bonds is 0. The molecule has 1 spiro atoms. The molecule has 1 aliphatic carbocycles. The van der Waals surface area contributed by atoms with Crippen molar-refractivity contribution in [2.45, 2.75) is 50.6 Å². The van der Waals surface area contributed by atoms with Crippen molar-refractivity contribution in [2.24, 2.45) is 0 Å². The second-order valence-corrected chi connectivity index (χ2v) is 4.33. The molecule has 2 fully saturated rings. The van der Waals surface area contributed by atoms with Crippen LogP contribution in [0, 0.1) is 0 Å². The molecule has 1 atom stereocenters. The first-order valence-electron chi connectivity index (χ1n) is 5.27. The lowest BCUT2D eigenvalue weighted by atomic mass is 9.79. The summed E-state index contributed by atoms with van der Waals surface area (Å²) in [6.07, 6.45) is 4.80. The van der Waals surface area contributed by atoms with Crippen LogP contribution >= 0.6 is 0 Å². The van der Waals surface area contributed by atoms with Crippen molar-refractivity contribution < 1.29 is 9.59 Å². The van der Waals surface area contributed by atoms with Gasteiger partial charge in [-0.05, 0) is 19.8 Å². The fourth-order valence-electron chi connectivity index (χ4n) is 2.31. The van der Waals surface area contributed by atoms with Gasteiger partial charge in [0.05, 0.1) is 0 Å². The molecule has 1 heterocycles. The Kier molecular flexibility index (Phi) is 2.21. The molecule has 2 amide bonds. The molecule has 0 radical (unpaired) electrons. The zero-order valence-electron chi connectivity index (χ0n) is 8.43. The number of hydrogen-bond donors (Lipinski definition) is 2. The lowest BCUT2D eigenvalue weighted by molar-refractivity contribution is -0.142. The van der Waals surface area contributed by atoms with Crippen molar-refractivity contribution in [2.75, 3.05) is 0 Å². The van der Waals surface area contributed by atoms with Crippen LogP contribution in [0.2, 0.25) is 0 Å². The third kappa shape index (κ3) is 1.38. The zero-order valence-corrected chi connectivity index (χ0v) is 8.43. The van der Waals surface area contributed by atoms with E-state index in [4.69, 9.17) is 0 Å². The number of amides is 2. The summed E-state index contributed by atoms with van der Waals surface area (Å²) in [6.45, 7) is 1.71. The summed E-state index contributed by atoms with van der Waals surface area (Å²) >= 11 is 0. The van der Waals surface area contributed by atoms with Crippen molar-refractivity contribution in [3.63, 3.8) is 0 Å². The second-order valence-electron chi connectivity index (χ2n) is 4.33. The number of piperazine rings is 1. The Labute approximate surface area is 83.4 Å². The van der Waals surface area contributed by atoms with Crippen LogP contribution in [-0.2, 0) is 9.59 Å². The minimum absolute atomic E-state index is 0.00398. The highest BCUT2D eigenvalue weighted by molar-refractivity contribution is 5.99. The molecule has 4 heteroatoms. The zero-order chi connectivity index (χ0) is 10.2. The van der Waals surface area contributed by atoms with Crippen LogP contribution in [0.4, 0.5) is 0 Å². The number of hydrogen-bond acceptors (Lipinski definition) is 2. The molecule has 2 aliphatic rings. The fourth-order valence-corrected chi connectivity index (χ4v) is 2.31. The molecule has 0 aromatic rings. The molecule has 2 N–H and O–H groups in total. The Hall–Kier alpha value is -1.06. The standard InChI is InChI=1S/C10H16N2O2/c1-7-8(13)12-10(9(14)11-7)5-3-2-4-6-10/h7H,2-6H2,1H3,(H,11,14)(H,12,13)/t7-/m0/s1. The molecule has 1 saturated carbocycles. The summed E-state index contributed by atoms with van der Waals surface area (Å²) in [4.78, 5) is 23.3. The van der Waals surface area contributed by atoms with E-state index in [0.717, 1.165) is 25.7 Å². The molecule has 14 heavy (non-hydrogen) atoms. The molecule has 0 unspecified atom stereocenters. The molecule has 4 nitrogen and oxygen atoms in total. The predicted molar refractivity (Wildman–Crippen MR) is 51.6 cm³/mol. The highest BCUT2D eigenvalue weighted by Gasteiger charge is 2.45. The van der Waals surface area contributed by atoms with Gasteiger partial charge in [-0.3, -0.25) is 9.59 Å². The van der Waals surface area contributed by atoms with Crippen molar-refractivity contribution in [3.8, 4) is 0 Å². The van der Waals surface area contributed by atoms with Gasteiger partial charge < -0.3 is 10.6 Å². The van der Waals surface area contributed by atoms with E-state index < -0.39 is 5.54 Å². The van der Waals surface area contributed by atoms with E-state index in [2.05, 4.69) is 10.6 Å². The average molecular weight is 196 g/mol. The van der Waals surface area contributed by atoms with Crippen molar-refractivity contribution >= 4 is 11.8 Å². The van der Waals surface area contributed by atoms with Crippen molar-refractivity contribution in [3.05, 3.63) is 0 Å². The minimum atomic E-state index is -0.582. The molecular formula is C10H16N2O2. The van der Waals surface area contributed by atoms with Gasteiger partial charge in [0.1, 0.15) is 11.6 Å². The Morgan fingerprint density at radius 2 is 1.86 bits per heavy atom. The summed E-state index contributed by atoms with van der Waals surface area (Å²) in [7, 11) is 0. The van der Waals surface area contributed by atoms with Crippen molar-refractivity contribution in [1.82, 2.24) is 10.6 Å². The van der Waals surface area contributed by atoms with E-state index >= 15 is 0 Å². The maximum atomic E-state index is 11.8. The van der Waals surface area contributed by atoms with Crippen LogP contribution in [0.1, 0.15) is 39.0 Å². The summed E-state index contributed by atoms with van der Waals surface area (Å²) in [5.41, 5.74) is -0.582. The lowest BCUT2D eigenvalue weighted by Gasteiger charge is -2.41. The molecular weight excluding hydrogens is 180 g/mol. The van der Waals surface area contributed by atoms with Gasteiger partial charge in [-0.1, -0.05) is 19.3 Å². The van der Waals surface area contributed by atoms with E-state index in [-0.39, 0.29) is 17.9 Å². The van der Waals surface area contributed by atoms with Gasteiger partial charge in [0.25, 0.3) is 0 Å². The largest absolute Gasteiger partial charge is 0.343 e. The minimum Gasteiger partial charge on any atom is -0.343 e. The molecule has 0 aromatic heterocycles. The van der Waals surface area contributed by atoms with Gasteiger partial charge in [0.15, 0.2) is 0 Å². The SMILES string of the molecule is C[C@@H]1NC(=O)C2(CCCCC2)NC1=O. The van der Waals surface area contributed by atoms with Gasteiger partial charge in [0.2, 0.25) is 11.8 Å². The van der Waals surface area contributed by atoms with Gasteiger partial charge in [-0.2, -0.15) is 0 Å². The Balaban J connectivity index is 2.17. The highest BCUT2D eigenvalue weighted by Crippen LogP contribution is 2.30. The van der Waals surface area contributed by atoms with Gasteiger partial charge in [-0.15, -0.1) is 0 Å². The summed E-state index contributed by atoms with van der Waals surface area (Å²) in [5, 5.41) is 5.62. The monoisotopic (exact) mass is 196 g/mol. The number of nitrogens with one attached hydrogen (secondary N) is 2. The summed E-state index contributed by atoms with van der Waals surface area (Å²) < 4.78 is 0. The van der Waals surface area contributed by atoms with Crippen LogP contribution in [0.25, 0.3) is 0 Å². The van der Waals surface area contributed by atoms with Crippen LogP contribution in [0.3, 0.4) is 0 Å². The maximum absolute atomic E-state index is 11.8. The van der Waals surface area contributed by atoms with E-state index in [1.54, 1.807) is 6.92 Å². The van der Waals surface area contributed by atoms with E-state index in [9.17, 15) is 9.59 Å². The smallest absolute Gasteiger partial charge is 0.246 e. The molecule has 0 bridgehead atoms. The first kappa shape index (κ1) is 9.49. The summed E-state index contributed by atoms with van der Waals surface area (Å²) in [6, 6.07) is -0.380. The third-order valence-electron chi connectivity index (χ3n) is 3.25. The number of carbonyl (C=O) groups excluding carboxylic acids is 2. The Morgan fingerprint density at radius 1 is 1.21 bits per heavy atom. The third-order valence-corrected chi connectivity index (χ3v) is 3.25. The second kappa shape index (κ2) is 3.26. The highest BCUT2D eigenvalue weighted by atomic mass is 16.2. The van der Waals surface area contributed by atoms with E-state index in [1.807, 2.05) is 0 Å². The maximum Gasteiger partial charge on any atom is 0.246 e. The summed E-state index contributed by atoms with van der Waals surface area (Å²) in [5.74, 6) is -0.0456. The quantitative estimate of drug-likeness (QED) is 0.586. The molecule has 1 aliphatic heterocycles. The van der Waals surface area contributed by atoms with Gasteiger partial charge in [0, 0.05) is 0 Å². The molecule has 0 aromatic carbocycles. The van der Waals surface area contributed by atoms with Gasteiger partial charge in [-0.25, -0.2) is 0 Å². The van der Waals surface area contributed by atoms with E-state index in [0.29, 0.717) is 0 Å². The van der Waals surface area contributed by atoms with Gasteiger partial charge >= 0.3 is 0 Å². The van der Waals surface area contributed by atoms with Crippen LogP contribution < -0.4 is 10.6 Å². The van der Waals surface area contributed by atoms with Crippen molar-refractivity contribution in [1.29, 1.82) is 0 Å². The lowest BCUT2D eigenvalue weighted by Crippen LogP contribution is -2.69. The molecule has 78 valence electrons. The first-order chi connectivity index (χ1) is 6.64. The van der Waals surface area contributed by atoms with E-state index in [1.165, 1.54) is 6.42 Å². The normalized spacial score (nSPS) is 31.1. The first-order valence-corrected chi connectivity index (χ1v) is 5.27. The van der Waals surface area contributed by atoms with Crippen LogP contribution in [0.15, 0.2) is 0 Å². The Bertz CT molecular complexity index is 269. The average Bonchev–Trinajstić information content (AvgIpc) is 2.17. The topological polar surface area (TPSA) is 58.2 Å². The van der Waals surface area contributed by atoms with Crippen LogP contribution in [-0.4, -0.2) is 23.4 Å². The fraction of sp³-hybridized carbons (Fsp3) is 0.800. The Morgan fingerprint density at radius 3 is 2.50 bits per heavy atom. The molecule has 1 saturated heterocycles. The molecule has 2 rings (SSSR count). The number of carbonyl (C=O) groups is 2.